The van der Waals surface area contributed by atoms with Gasteiger partial charge in [-0.15, -0.1) is 0 Å². The van der Waals surface area contributed by atoms with Crippen LogP contribution in [0.5, 0.6) is 0 Å². The summed E-state index contributed by atoms with van der Waals surface area (Å²) in [5.74, 6) is -0.413. The van der Waals surface area contributed by atoms with Gasteiger partial charge in [0.2, 0.25) is 0 Å². The van der Waals surface area contributed by atoms with Crippen molar-refractivity contribution in [2.45, 2.75) is 13.3 Å². The van der Waals surface area contributed by atoms with Gasteiger partial charge in [0.05, 0.1) is 0 Å². The number of para-hydroxylation sites is 1. The number of halogens is 3. The predicted octanol–water partition coefficient (Wildman–Crippen LogP) is 4.60. The fourth-order valence-electron chi connectivity index (χ4n) is 2.45. The van der Waals surface area contributed by atoms with Gasteiger partial charge in [-0.05, 0) is 43.2 Å². The van der Waals surface area contributed by atoms with Crippen LogP contribution in [0.3, 0.4) is 0 Å². The number of benzene rings is 2. The van der Waals surface area contributed by atoms with Crippen LogP contribution in [0, 0.1) is 24.4 Å². The topological polar surface area (TPSA) is 49.8 Å². The zero-order valence-corrected chi connectivity index (χ0v) is 14.1. The van der Waals surface area contributed by atoms with Crippen LogP contribution >= 0.6 is 0 Å². The number of rotatable bonds is 6. The summed E-state index contributed by atoms with van der Waals surface area (Å²) in [6, 6.07) is 11.5. The SMILES string of the molecule is Cc1nc(NCCc2ccc(F)cc2)cc(Nc2c(F)cccc2F)n1. The minimum Gasteiger partial charge on any atom is -0.370 e. The average molecular weight is 358 g/mol. The summed E-state index contributed by atoms with van der Waals surface area (Å²) in [5, 5.41) is 5.78. The Morgan fingerprint density at radius 2 is 1.54 bits per heavy atom. The second kappa shape index (κ2) is 7.86. The minimum atomic E-state index is -0.702. The molecule has 0 bridgehead atoms. The molecule has 1 heterocycles. The first-order valence-electron chi connectivity index (χ1n) is 8.06. The van der Waals surface area contributed by atoms with Crippen LogP contribution < -0.4 is 10.6 Å². The quantitative estimate of drug-likeness (QED) is 0.676. The summed E-state index contributed by atoms with van der Waals surface area (Å²) >= 11 is 0. The molecule has 3 rings (SSSR count). The van der Waals surface area contributed by atoms with Gasteiger partial charge >= 0.3 is 0 Å². The Kier molecular flexibility index (Phi) is 5.36. The van der Waals surface area contributed by atoms with Crippen molar-refractivity contribution in [1.82, 2.24) is 9.97 Å². The average Bonchev–Trinajstić information content (AvgIpc) is 2.60. The van der Waals surface area contributed by atoms with E-state index in [1.165, 1.54) is 30.3 Å². The van der Waals surface area contributed by atoms with Gasteiger partial charge in [-0.3, -0.25) is 0 Å². The molecule has 1 aromatic heterocycles. The number of nitrogens with zero attached hydrogens (tertiary/aromatic N) is 2. The van der Waals surface area contributed by atoms with E-state index < -0.39 is 11.6 Å². The first-order chi connectivity index (χ1) is 12.5. The summed E-state index contributed by atoms with van der Waals surface area (Å²) in [5.41, 5.74) is 0.722. The molecule has 0 amide bonds. The summed E-state index contributed by atoms with van der Waals surface area (Å²) in [6.45, 7) is 2.25. The van der Waals surface area contributed by atoms with Gasteiger partial charge in [0, 0.05) is 12.6 Å². The lowest BCUT2D eigenvalue weighted by atomic mass is 10.1. The third-order valence-electron chi connectivity index (χ3n) is 3.69. The van der Waals surface area contributed by atoms with E-state index in [0.29, 0.717) is 24.6 Å². The molecular weight excluding hydrogens is 341 g/mol. The third kappa shape index (κ3) is 4.50. The maximum atomic E-state index is 13.8. The molecule has 2 aromatic carbocycles. The highest BCUT2D eigenvalue weighted by atomic mass is 19.1. The molecule has 0 aliphatic heterocycles. The second-order valence-corrected chi connectivity index (χ2v) is 5.71. The minimum absolute atomic E-state index is 0.261. The fourth-order valence-corrected chi connectivity index (χ4v) is 2.45. The van der Waals surface area contributed by atoms with Gasteiger partial charge in [-0.2, -0.15) is 0 Å². The van der Waals surface area contributed by atoms with Gasteiger partial charge in [-0.1, -0.05) is 18.2 Å². The zero-order chi connectivity index (χ0) is 18.5. The first-order valence-corrected chi connectivity index (χ1v) is 8.06. The highest BCUT2D eigenvalue weighted by molar-refractivity contribution is 5.60. The van der Waals surface area contributed by atoms with Gasteiger partial charge in [0.15, 0.2) is 0 Å². The Morgan fingerprint density at radius 3 is 2.23 bits per heavy atom. The molecule has 2 N–H and O–H groups in total. The molecule has 0 aliphatic rings. The first kappa shape index (κ1) is 17.7. The lowest BCUT2D eigenvalue weighted by Crippen LogP contribution is -2.09. The molecule has 4 nitrogen and oxygen atoms in total. The lowest BCUT2D eigenvalue weighted by molar-refractivity contribution is 0.590. The highest BCUT2D eigenvalue weighted by Gasteiger charge is 2.10. The summed E-state index contributed by atoms with van der Waals surface area (Å²) in [7, 11) is 0. The predicted molar refractivity (Wildman–Crippen MR) is 95.0 cm³/mol. The Balaban J connectivity index is 1.68. The monoisotopic (exact) mass is 358 g/mol. The Morgan fingerprint density at radius 1 is 0.885 bits per heavy atom. The van der Waals surface area contributed by atoms with E-state index in [1.54, 1.807) is 25.1 Å². The van der Waals surface area contributed by atoms with E-state index in [9.17, 15) is 13.2 Å². The number of anilines is 3. The number of hydrogen-bond acceptors (Lipinski definition) is 4. The summed E-state index contributed by atoms with van der Waals surface area (Å²) < 4.78 is 40.4. The molecule has 0 fully saturated rings. The van der Waals surface area contributed by atoms with E-state index in [1.807, 2.05) is 0 Å². The molecule has 0 aliphatic carbocycles. The molecule has 0 spiro atoms. The van der Waals surface area contributed by atoms with Crippen molar-refractivity contribution < 1.29 is 13.2 Å². The highest BCUT2D eigenvalue weighted by Crippen LogP contribution is 2.23. The van der Waals surface area contributed by atoms with Crippen LogP contribution in [0.25, 0.3) is 0 Å². The van der Waals surface area contributed by atoms with Crippen molar-refractivity contribution >= 4 is 17.3 Å². The van der Waals surface area contributed by atoms with Crippen molar-refractivity contribution in [3.05, 3.63) is 77.4 Å². The normalized spacial score (nSPS) is 10.6. The summed E-state index contributed by atoms with van der Waals surface area (Å²) in [6.07, 6.45) is 0.675. The standard InChI is InChI=1S/C19H17F3N4/c1-12-24-17(23-10-9-13-5-7-14(20)8-6-13)11-18(25-12)26-19-15(21)3-2-4-16(19)22/h2-8,11H,9-10H2,1H3,(H2,23,24,25,26). The Labute approximate surface area is 149 Å². The van der Waals surface area contributed by atoms with Crippen LogP contribution in [0.4, 0.5) is 30.5 Å². The van der Waals surface area contributed by atoms with Crippen LogP contribution in [0.1, 0.15) is 11.4 Å². The smallest absolute Gasteiger partial charge is 0.149 e. The van der Waals surface area contributed by atoms with Crippen molar-refractivity contribution in [3.63, 3.8) is 0 Å². The van der Waals surface area contributed by atoms with Crippen LogP contribution in [0.15, 0.2) is 48.5 Å². The second-order valence-electron chi connectivity index (χ2n) is 5.71. The van der Waals surface area contributed by atoms with Crippen molar-refractivity contribution in [2.75, 3.05) is 17.2 Å². The Hall–Kier alpha value is -3.09. The van der Waals surface area contributed by atoms with Crippen LogP contribution in [0.2, 0.25) is 0 Å². The van der Waals surface area contributed by atoms with Crippen molar-refractivity contribution in [2.24, 2.45) is 0 Å². The molecule has 134 valence electrons. The molecule has 0 saturated carbocycles. The molecule has 0 unspecified atom stereocenters. The van der Waals surface area contributed by atoms with Crippen LogP contribution in [-0.2, 0) is 6.42 Å². The zero-order valence-electron chi connectivity index (χ0n) is 14.1. The molecular formula is C19H17F3N4. The fraction of sp³-hybridized carbons (Fsp3) is 0.158. The maximum absolute atomic E-state index is 13.8. The molecule has 26 heavy (non-hydrogen) atoms. The maximum Gasteiger partial charge on any atom is 0.149 e. The van der Waals surface area contributed by atoms with Gasteiger partial charge in [-0.25, -0.2) is 23.1 Å². The van der Waals surface area contributed by atoms with E-state index in [0.717, 1.165) is 5.56 Å². The van der Waals surface area contributed by atoms with Gasteiger partial charge in [0.25, 0.3) is 0 Å². The molecule has 0 radical (unpaired) electrons. The molecule has 7 heteroatoms. The van der Waals surface area contributed by atoms with E-state index in [-0.39, 0.29) is 17.3 Å². The van der Waals surface area contributed by atoms with Gasteiger partial charge in [0.1, 0.15) is 40.6 Å². The number of aryl methyl sites for hydroxylation is 1. The Bertz CT molecular complexity index is 878. The third-order valence-corrected chi connectivity index (χ3v) is 3.69. The molecule has 0 atom stereocenters. The largest absolute Gasteiger partial charge is 0.370 e. The lowest BCUT2D eigenvalue weighted by Gasteiger charge is -2.11. The summed E-state index contributed by atoms with van der Waals surface area (Å²) in [4.78, 5) is 8.41. The van der Waals surface area contributed by atoms with E-state index in [2.05, 4.69) is 20.6 Å². The van der Waals surface area contributed by atoms with E-state index >= 15 is 0 Å². The van der Waals surface area contributed by atoms with Crippen molar-refractivity contribution in [1.29, 1.82) is 0 Å². The number of nitrogens with one attached hydrogen (secondary N) is 2. The van der Waals surface area contributed by atoms with Crippen LogP contribution in [-0.4, -0.2) is 16.5 Å². The molecule has 0 saturated heterocycles. The number of aromatic nitrogens is 2. The van der Waals surface area contributed by atoms with E-state index in [4.69, 9.17) is 0 Å². The molecule has 3 aromatic rings. The van der Waals surface area contributed by atoms with Gasteiger partial charge < -0.3 is 10.6 Å². The van der Waals surface area contributed by atoms with Crippen molar-refractivity contribution in [3.8, 4) is 0 Å². The number of hydrogen-bond donors (Lipinski definition) is 2.